The van der Waals surface area contributed by atoms with Gasteiger partial charge in [-0.05, 0) is 37.6 Å². The highest BCUT2D eigenvalue weighted by Gasteiger charge is 2.20. The van der Waals surface area contributed by atoms with Gasteiger partial charge in [0.1, 0.15) is 6.04 Å². The maximum Gasteiger partial charge on any atom is 0.321 e. The van der Waals surface area contributed by atoms with Crippen LogP contribution in [0.15, 0.2) is 18.2 Å². The highest BCUT2D eigenvalue weighted by Crippen LogP contribution is 2.20. The molecule has 1 aromatic carbocycles. The van der Waals surface area contributed by atoms with Crippen LogP contribution >= 0.6 is 11.6 Å². The molecule has 0 saturated heterocycles. The van der Waals surface area contributed by atoms with Gasteiger partial charge in [-0.15, -0.1) is 0 Å². The molecule has 0 saturated carbocycles. The van der Waals surface area contributed by atoms with E-state index in [9.17, 15) is 9.59 Å². The fourth-order valence-electron chi connectivity index (χ4n) is 1.72. The molecule has 21 heavy (non-hydrogen) atoms. The standard InChI is InChI=1S/C14H19ClN2O4/c1-9-3-4-10(15)7-11(9)17-13(19)8-12(14(20)21)16-5-2-6-18/h3-4,7,12,16,18H,2,5-6,8H2,1H3,(H,17,19)(H,20,21). The molecule has 0 aliphatic heterocycles. The zero-order chi connectivity index (χ0) is 15.8. The molecule has 1 aromatic rings. The van der Waals surface area contributed by atoms with Gasteiger partial charge in [-0.3, -0.25) is 9.59 Å². The third-order valence-electron chi connectivity index (χ3n) is 2.89. The molecule has 0 spiro atoms. The topological polar surface area (TPSA) is 98.7 Å². The average Bonchev–Trinajstić information content (AvgIpc) is 2.42. The molecule has 0 heterocycles. The van der Waals surface area contributed by atoms with Gasteiger partial charge in [0.2, 0.25) is 5.91 Å². The smallest absolute Gasteiger partial charge is 0.321 e. The lowest BCUT2D eigenvalue weighted by Gasteiger charge is -2.15. The van der Waals surface area contributed by atoms with Crippen molar-refractivity contribution >= 4 is 29.2 Å². The number of hydrogen-bond donors (Lipinski definition) is 4. The molecular formula is C14H19ClN2O4. The summed E-state index contributed by atoms with van der Waals surface area (Å²) in [6.07, 6.45) is 0.228. The van der Waals surface area contributed by atoms with Gasteiger partial charge >= 0.3 is 5.97 Å². The van der Waals surface area contributed by atoms with E-state index >= 15 is 0 Å². The van der Waals surface area contributed by atoms with Crippen LogP contribution in [0.2, 0.25) is 5.02 Å². The fourth-order valence-corrected chi connectivity index (χ4v) is 1.89. The highest BCUT2D eigenvalue weighted by atomic mass is 35.5. The summed E-state index contributed by atoms with van der Waals surface area (Å²) in [6, 6.07) is 4.11. The van der Waals surface area contributed by atoms with Crippen molar-refractivity contribution in [3.05, 3.63) is 28.8 Å². The van der Waals surface area contributed by atoms with Gasteiger partial charge in [-0.2, -0.15) is 0 Å². The molecule has 0 bridgehead atoms. The van der Waals surface area contributed by atoms with Crippen LogP contribution in [-0.2, 0) is 9.59 Å². The summed E-state index contributed by atoms with van der Waals surface area (Å²) in [7, 11) is 0. The Morgan fingerprint density at radius 2 is 2.10 bits per heavy atom. The van der Waals surface area contributed by atoms with E-state index < -0.39 is 17.9 Å². The molecule has 1 amide bonds. The third-order valence-corrected chi connectivity index (χ3v) is 3.12. The number of rotatable bonds is 8. The number of aliphatic hydroxyl groups excluding tert-OH is 1. The minimum absolute atomic E-state index is 0.0345. The first-order chi connectivity index (χ1) is 9.93. The first kappa shape index (κ1) is 17.4. The average molecular weight is 315 g/mol. The quantitative estimate of drug-likeness (QED) is 0.544. The summed E-state index contributed by atoms with van der Waals surface area (Å²) in [5, 5.41) is 23.6. The van der Waals surface area contributed by atoms with Crippen LogP contribution in [0.3, 0.4) is 0 Å². The number of carboxylic acids is 1. The van der Waals surface area contributed by atoms with Crippen molar-refractivity contribution in [1.82, 2.24) is 5.32 Å². The summed E-state index contributed by atoms with van der Waals surface area (Å²) in [5.74, 6) is -1.52. The van der Waals surface area contributed by atoms with Crippen LogP contribution < -0.4 is 10.6 Å². The largest absolute Gasteiger partial charge is 0.480 e. The third kappa shape index (κ3) is 6.12. The fraction of sp³-hybridized carbons (Fsp3) is 0.429. The number of aliphatic carboxylic acids is 1. The minimum Gasteiger partial charge on any atom is -0.480 e. The number of carbonyl (C=O) groups excluding carboxylic acids is 1. The number of aliphatic hydroxyl groups is 1. The van der Waals surface area contributed by atoms with E-state index in [2.05, 4.69) is 10.6 Å². The van der Waals surface area contributed by atoms with Crippen LogP contribution in [0.25, 0.3) is 0 Å². The van der Waals surface area contributed by atoms with Gasteiger partial charge in [0, 0.05) is 17.3 Å². The Balaban J connectivity index is 2.61. The maximum atomic E-state index is 11.9. The molecule has 116 valence electrons. The minimum atomic E-state index is -1.11. The predicted octanol–water partition coefficient (Wildman–Crippen LogP) is 1.40. The van der Waals surface area contributed by atoms with Crippen molar-refractivity contribution in [3.63, 3.8) is 0 Å². The number of halogens is 1. The Hall–Kier alpha value is -1.63. The summed E-state index contributed by atoms with van der Waals surface area (Å²) in [4.78, 5) is 23.0. The zero-order valence-electron chi connectivity index (χ0n) is 11.7. The van der Waals surface area contributed by atoms with Crippen LogP contribution in [-0.4, -0.2) is 41.3 Å². The summed E-state index contributed by atoms with van der Waals surface area (Å²) >= 11 is 5.86. The van der Waals surface area contributed by atoms with E-state index in [4.69, 9.17) is 21.8 Å². The number of amides is 1. The molecule has 0 fully saturated rings. The van der Waals surface area contributed by atoms with Crippen LogP contribution in [0.5, 0.6) is 0 Å². The first-order valence-corrected chi connectivity index (χ1v) is 6.95. The lowest BCUT2D eigenvalue weighted by atomic mass is 10.1. The second-order valence-electron chi connectivity index (χ2n) is 4.63. The van der Waals surface area contributed by atoms with E-state index in [-0.39, 0.29) is 13.0 Å². The second kappa shape index (κ2) is 8.61. The van der Waals surface area contributed by atoms with Gasteiger partial charge in [0.25, 0.3) is 0 Å². The number of nitrogens with one attached hydrogen (secondary N) is 2. The van der Waals surface area contributed by atoms with Crippen LogP contribution in [0.4, 0.5) is 5.69 Å². The lowest BCUT2D eigenvalue weighted by Crippen LogP contribution is -2.40. The Kier molecular flexibility index (Phi) is 7.14. The van der Waals surface area contributed by atoms with Gasteiger partial charge in [-0.1, -0.05) is 17.7 Å². The Labute approximate surface area is 128 Å². The van der Waals surface area contributed by atoms with Crippen molar-refractivity contribution < 1.29 is 19.8 Å². The SMILES string of the molecule is Cc1ccc(Cl)cc1NC(=O)CC(NCCCO)C(=O)O. The Morgan fingerprint density at radius 3 is 2.71 bits per heavy atom. The molecule has 0 aromatic heterocycles. The molecule has 0 aliphatic carbocycles. The summed E-state index contributed by atoms with van der Waals surface area (Å²) < 4.78 is 0. The Bertz CT molecular complexity index is 508. The molecule has 4 N–H and O–H groups in total. The van der Waals surface area contributed by atoms with E-state index in [1.54, 1.807) is 18.2 Å². The summed E-state index contributed by atoms with van der Waals surface area (Å²) in [5.41, 5.74) is 1.40. The number of carbonyl (C=O) groups is 2. The molecule has 1 unspecified atom stereocenters. The second-order valence-corrected chi connectivity index (χ2v) is 5.07. The highest BCUT2D eigenvalue weighted by molar-refractivity contribution is 6.31. The number of anilines is 1. The molecule has 7 heteroatoms. The molecule has 0 radical (unpaired) electrons. The number of carboxylic acid groups (broad SMARTS) is 1. The Morgan fingerprint density at radius 1 is 1.38 bits per heavy atom. The van der Waals surface area contributed by atoms with Crippen molar-refractivity contribution in [2.24, 2.45) is 0 Å². The van der Waals surface area contributed by atoms with Crippen molar-refractivity contribution in [3.8, 4) is 0 Å². The predicted molar refractivity (Wildman–Crippen MR) is 80.6 cm³/mol. The maximum absolute atomic E-state index is 11.9. The van der Waals surface area contributed by atoms with Crippen molar-refractivity contribution in [2.45, 2.75) is 25.8 Å². The molecule has 0 aliphatic rings. The van der Waals surface area contributed by atoms with Crippen LogP contribution in [0.1, 0.15) is 18.4 Å². The van der Waals surface area contributed by atoms with E-state index in [1.807, 2.05) is 6.92 Å². The molecule has 1 atom stereocenters. The number of hydrogen-bond acceptors (Lipinski definition) is 4. The van der Waals surface area contributed by atoms with Crippen molar-refractivity contribution in [2.75, 3.05) is 18.5 Å². The molecule has 6 nitrogen and oxygen atoms in total. The van der Waals surface area contributed by atoms with E-state index in [0.717, 1.165) is 5.56 Å². The first-order valence-electron chi connectivity index (χ1n) is 6.57. The van der Waals surface area contributed by atoms with Crippen LogP contribution in [0, 0.1) is 6.92 Å². The molecule has 1 rings (SSSR count). The number of aryl methyl sites for hydroxylation is 1. The van der Waals surface area contributed by atoms with Gasteiger partial charge in [0.05, 0.1) is 6.42 Å². The van der Waals surface area contributed by atoms with Gasteiger partial charge < -0.3 is 20.8 Å². The zero-order valence-corrected chi connectivity index (χ0v) is 12.5. The molecular weight excluding hydrogens is 296 g/mol. The number of benzene rings is 1. The van der Waals surface area contributed by atoms with Crippen molar-refractivity contribution in [1.29, 1.82) is 0 Å². The normalized spacial score (nSPS) is 12.0. The van der Waals surface area contributed by atoms with E-state index in [0.29, 0.717) is 23.7 Å². The monoisotopic (exact) mass is 314 g/mol. The van der Waals surface area contributed by atoms with E-state index in [1.165, 1.54) is 0 Å². The summed E-state index contributed by atoms with van der Waals surface area (Å²) in [6.45, 7) is 2.12. The van der Waals surface area contributed by atoms with Gasteiger partial charge in [0.15, 0.2) is 0 Å². The lowest BCUT2D eigenvalue weighted by molar-refractivity contribution is -0.141. The van der Waals surface area contributed by atoms with Gasteiger partial charge in [-0.25, -0.2) is 0 Å².